The predicted molar refractivity (Wildman–Crippen MR) is 128 cm³/mol. The average Bonchev–Trinajstić information content (AvgIpc) is 3.44. The smallest absolute Gasteiger partial charge is 0.273 e. The highest BCUT2D eigenvalue weighted by Gasteiger charge is 2.42. The van der Waals surface area contributed by atoms with E-state index < -0.39 is 6.04 Å². The van der Waals surface area contributed by atoms with E-state index in [9.17, 15) is 9.90 Å². The zero-order valence-corrected chi connectivity index (χ0v) is 19.5. The maximum absolute atomic E-state index is 13.6. The minimum Gasteiger partial charge on any atom is -0.502 e. The van der Waals surface area contributed by atoms with Gasteiger partial charge in [-0.1, -0.05) is 6.07 Å². The molecule has 1 aliphatic rings. The van der Waals surface area contributed by atoms with Crippen LogP contribution in [0.3, 0.4) is 0 Å². The fourth-order valence-corrected chi connectivity index (χ4v) is 4.44. The van der Waals surface area contributed by atoms with Crippen molar-refractivity contribution in [2.45, 2.75) is 12.6 Å². The van der Waals surface area contributed by atoms with Crippen molar-refractivity contribution in [2.24, 2.45) is 0 Å². The van der Waals surface area contributed by atoms with Gasteiger partial charge in [-0.2, -0.15) is 5.10 Å². The van der Waals surface area contributed by atoms with Crippen LogP contribution in [-0.4, -0.2) is 52.4 Å². The molecule has 4 aromatic rings. The minimum atomic E-state index is -0.517. The van der Waals surface area contributed by atoms with Crippen LogP contribution in [0.5, 0.6) is 23.0 Å². The summed E-state index contributed by atoms with van der Waals surface area (Å²) in [5.41, 5.74) is 4.23. The molecule has 1 atom stereocenters. The van der Waals surface area contributed by atoms with E-state index in [0.29, 0.717) is 23.5 Å². The monoisotopic (exact) mass is 472 g/mol. The standard InChI is InChI=1S/C26H24N4O5/c1-33-18-8-6-16(7-9-18)22-21-23(29-28-22)26(32)30(14-15-5-4-10-27-13-15)24(21)17-11-19(34-2)25(31)20(12-17)35-3/h4-13,24,31H,14H2,1-3H3,(H,28,29). The van der Waals surface area contributed by atoms with Crippen LogP contribution in [0.15, 0.2) is 60.9 Å². The second-order valence-corrected chi connectivity index (χ2v) is 8.06. The summed E-state index contributed by atoms with van der Waals surface area (Å²) in [5, 5.41) is 17.9. The number of rotatable bonds is 7. The number of aromatic nitrogens is 3. The third kappa shape index (κ3) is 3.80. The maximum atomic E-state index is 13.6. The van der Waals surface area contributed by atoms with Gasteiger partial charge in [0.2, 0.25) is 5.75 Å². The van der Waals surface area contributed by atoms with Gasteiger partial charge in [0, 0.05) is 30.1 Å². The van der Waals surface area contributed by atoms with Crippen LogP contribution < -0.4 is 14.2 Å². The maximum Gasteiger partial charge on any atom is 0.273 e. The minimum absolute atomic E-state index is 0.107. The number of benzene rings is 2. The molecule has 0 bridgehead atoms. The molecule has 0 aliphatic carbocycles. The van der Waals surface area contributed by atoms with Gasteiger partial charge in [0.05, 0.1) is 33.1 Å². The molecule has 9 heteroatoms. The Morgan fingerprint density at radius 3 is 2.34 bits per heavy atom. The summed E-state index contributed by atoms with van der Waals surface area (Å²) in [6, 6.07) is 14.2. The van der Waals surface area contributed by atoms with Crippen molar-refractivity contribution in [1.29, 1.82) is 0 Å². The van der Waals surface area contributed by atoms with Gasteiger partial charge in [0.15, 0.2) is 11.5 Å². The number of fused-ring (bicyclic) bond motifs is 1. The van der Waals surface area contributed by atoms with E-state index in [0.717, 1.165) is 22.4 Å². The Bertz CT molecular complexity index is 1340. The van der Waals surface area contributed by atoms with Gasteiger partial charge in [-0.3, -0.25) is 14.9 Å². The molecular weight excluding hydrogens is 448 g/mol. The summed E-state index contributed by atoms with van der Waals surface area (Å²) < 4.78 is 16.1. The summed E-state index contributed by atoms with van der Waals surface area (Å²) in [4.78, 5) is 19.5. The van der Waals surface area contributed by atoms with Crippen LogP contribution in [-0.2, 0) is 6.54 Å². The van der Waals surface area contributed by atoms with Crippen molar-refractivity contribution >= 4 is 5.91 Å². The number of aromatic hydroxyl groups is 1. The molecule has 0 fully saturated rings. The van der Waals surface area contributed by atoms with Crippen molar-refractivity contribution in [2.75, 3.05) is 21.3 Å². The number of hydrogen-bond donors (Lipinski definition) is 2. The largest absolute Gasteiger partial charge is 0.502 e. The lowest BCUT2D eigenvalue weighted by Crippen LogP contribution is -2.29. The Balaban J connectivity index is 1.69. The molecule has 2 aromatic carbocycles. The van der Waals surface area contributed by atoms with E-state index in [4.69, 9.17) is 14.2 Å². The van der Waals surface area contributed by atoms with Crippen LogP contribution in [0.2, 0.25) is 0 Å². The van der Waals surface area contributed by atoms with E-state index in [1.807, 2.05) is 36.4 Å². The number of hydrogen-bond acceptors (Lipinski definition) is 7. The van der Waals surface area contributed by atoms with Gasteiger partial charge >= 0.3 is 0 Å². The molecule has 2 N–H and O–H groups in total. The number of phenolic OH excluding ortho intramolecular Hbond substituents is 1. The van der Waals surface area contributed by atoms with Crippen LogP contribution in [0.25, 0.3) is 11.3 Å². The number of pyridine rings is 1. The third-order valence-corrected chi connectivity index (χ3v) is 6.12. The fourth-order valence-electron chi connectivity index (χ4n) is 4.44. The van der Waals surface area contributed by atoms with Crippen molar-refractivity contribution in [1.82, 2.24) is 20.1 Å². The summed E-state index contributed by atoms with van der Waals surface area (Å²) >= 11 is 0. The molecule has 3 heterocycles. The first-order valence-corrected chi connectivity index (χ1v) is 10.9. The van der Waals surface area contributed by atoms with E-state index >= 15 is 0 Å². The van der Waals surface area contributed by atoms with Crippen LogP contribution >= 0.6 is 0 Å². The molecule has 5 rings (SSSR count). The summed E-state index contributed by atoms with van der Waals surface area (Å²) in [6.45, 7) is 0.327. The van der Waals surface area contributed by atoms with Crippen molar-refractivity contribution in [3.8, 4) is 34.3 Å². The molecule has 0 saturated heterocycles. The number of nitrogens with zero attached hydrogens (tertiary/aromatic N) is 3. The second-order valence-electron chi connectivity index (χ2n) is 8.06. The lowest BCUT2D eigenvalue weighted by Gasteiger charge is -2.27. The number of H-pyrrole nitrogens is 1. The zero-order chi connectivity index (χ0) is 24.5. The summed E-state index contributed by atoms with van der Waals surface area (Å²) in [5.74, 6) is 0.920. The third-order valence-electron chi connectivity index (χ3n) is 6.12. The topological polar surface area (TPSA) is 110 Å². The van der Waals surface area contributed by atoms with Crippen LogP contribution in [0.4, 0.5) is 0 Å². The molecular formula is C26H24N4O5. The molecule has 1 amide bonds. The van der Waals surface area contributed by atoms with E-state index in [-0.39, 0.29) is 23.2 Å². The van der Waals surface area contributed by atoms with Crippen molar-refractivity contribution in [3.63, 3.8) is 0 Å². The number of amides is 1. The number of methoxy groups -OCH3 is 3. The van der Waals surface area contributed by atoms with Gasteiger partial charge in [-0.05, 0) is 53.6 Å². The van der Waals surface area contributed by atoms with Gasteiger partial charge < -0.3 is 24.2 Å². The summed E-state index contributed by atoms with van der Waals surface area (Å²) in [6.07, 6.45) is 3.42. The number of carbonyl (C=O) groups excluding carboxylic acids is 1. The van der Waals surface area contributed by atoms with Gasteiger partial charge in [0.1, 0.15) is 11.4 Å². The molecule has 178 valence electrons. The van der Waals surface area contributed by atoms with E-state index in [2.05, 4.69) is 15.2 Å². The quantitative estimate of drug-likeness (QED) is 0.419. The predicted octanol–water partition coefficient (Wildman–Crippen LogP) is 3.95. The lowest BCUT2D eigenvalue weighted by molar-refractivity contribution is 0.0729. The highest BCUT2D eigenvalue weighted by molar-refractivity contribution is 6.00. The molecule has 0 radical (unpaired) electrons. The molecule has 9 nitrogen and oxygen atoms in total. The number of carbonyl (C=O) groups is 1. The lowest BCUT2D eigenvalue weighted by atomic mass is 9.95. The van der Waals surface area contributed by atoms with Gasteiger partial charge in [0.25, 0.3) is 5.91 Å². The normalized spacial score (nSPS) is 14.7. The molecule has 0 saturated carbocycles. The second kappa shape index (κ2) is 9.02. The van der Waals surface area contributed by atoms with E-state index in [1.54, 1.807) is 36.5 Å². The Kier molecular flexibility index (Phi) is 5.74. The first-order chi connectivity index (χ1) is 17.0. The first kappa shape index (κ1) is 22.3. The molecule has 1 aliphatic heterocycles. The Labute approximate surface area is 201 Å². The van der Waals surface area contributed by atoms with Crippen molar-refractivity contribution in [3.05, 3.63) is 83.3 Å². The first-order valence-electron chi connectivity index (χ1n) is 10.9. The van der Waals surface area contributed by atoms with Crippen LogP contribution in [0.1, 0.15) is 33.2 Å². The summed E-state index contributed by atoms with van der Waals surface area (Å²) in [7, 11) is 4.55. The number of aromatic amines is 1. The highest BCUT2D eigenvalue weighted by Crippen LogP contribution is 2.47. The van der Waals surface area contributed by atoms with Crippen LogP contribution in [0, 0.1) is 0 Å². The molecule has 0 spiro atoms. The number of phenols is 1. The van der Waals surface area contributed by atoms with Gasteiger partial charge in [-0.25, -0.2) is 0 Å². The molecule has 1 unspecified atom stereocenters. The zero-order valence-electron chi connectivity index (χ0n) is 19.5. The van der Waals surface area contributed by atoms with E-state index in [1.165, 1.54) is 14.2 Å². The average molecular weight is 473 g/mol. The molecule has 35 heavy (non-hydrogen) atoms. The fraction of sp³-hybridized carbons (Fsp3) is 0.192. The Hall–Kier alpha value is -4.53. The van der Waals surface area contributed by atoms with Crippen molar-refractivity contribution < 1.29 is 24.1 Å². The number of ether oxygens (including phenoxy) is 3. The molecule has 2 aromatic heterocycles. The Morgan fingerprint density at radius 1 is 1.03 bits per heavy atom. The Morgan fingerprint density at radius 2 is 1.74 bits per heavy atom. The van der Waals surface area contributed by atoms with Gasteiger partial charge in [-0.15, -0.1) is 0 Å². The SMILES string of the molecule is COc1ccc(-c2n[nH]c3c2C(c2cc(OC)c(O)c(OC)c2)N(Cc2cccnc2)C3=O)cc1. The highest BCUT2D eigenvalue weighted by atomic mass is 16.5. The number of nitrogens with one attached hydrogen (secondary N) is 1.